The van der Waals surface area contributed by atoms with Crippen LogP contribution in [0.5, 0.6) is 0 Å². The minimum atomic E-state index is -4.43. The van der Waals surface area contributed by atoms with Gasteiger partial charge in [-0.1, -0.05) is 6.58 Å². The maximum Gasteiger partial charge on any atom is 0.419 e. The van der Waals surface area contributed by atoms with Gasteiger partial charge in [0.25, 0.3) is 0 Å². The van der Waals surface area contributed by atoms with Crippen LogP contribution in [0.15, 0.2) is 25.0 Å². The van der Waals surface area contributed by atoms with Crippen LogP contribution in [0, 0.1) is 5.41 Å². The summed E-state index contributed by atoms with van der Waals surface area (Å²) in [5.74, 6) is 0.231. The van der Waals surface area contributed by atoms with Gasteiger partial charge in [-0.15, -0.1) is 0 Å². The second kappa shape index (κ2) is 5.50. The zero-order chi connectivity index (χ0) is 16.7. The number of anilines is 1. The zero-order valence-corrected chi connectivity index (χ0v) is 12.5. The van der Waals surface area contributed by atoms with Crippen molar-refractivity contribution < 1.29 is 18.0 Å². The SMILES string of the molecule is C=CC(=O)N1CCC2(CCN(c3ncc(C(F)(F)F)cn3)C2)C1. The van der Waals surface area contributed by atoms with Gasteiger partial charge in [-0.25, -0.2) is 9.97 Å². The highest BCUT2D eigenvalue weighted by atomic mass is 19.4. The van der Waals surface area contributed by atoms with E-state index in [1.165, 1.54) is 6.08 Å². The number of amides is 1. The summed E-state index contributed by atoms with van der Waals surface area (Å²) in [5, 5.41) is 0. The predicted molar refractivity (Wildman–Crippen MR) is 77.7 cm³/mol. The summed E-state index contributed by atoms with van der Waals surface area (Å²) >= 11 is 0. The molecule has 1 aromatic rings. The van der Waals surface area contributed by atoms with E-state index in [1.807, 2.05) is 4.90 Å². The number of rotatable bonds is 2. The van der Waals surface area contributed by atoms with Gasteiger partial charge in [0.05, 0.1) is 5.56 Å². The third kappa shape index (κ3) is 3.02. The standard InChI is InChI=1S/C15H17F3N4O/c1-2-12(23)21-5-3-14(9-21)4-6-22(10-14)13-19-7-11(8-20-13)15(16,17)18/h2,7-8H,1,3-6,9-10H2. The Morgan fingerprint density at radius 1 is 1.22 bits per heavy atom. The Bertz CT molecular complexity index is 616. The van der Waals surface area contributed by atoms with Crippen molar-refractivity contribution in [2.24, 2.45) is 5.41 Å². The van der Waals surface area contributed by atoms with E-state index in [0.717, 1.165) is 25.2 Å². The number of alkyl halides is 3. The molecule has 0 aliphatic carbocycles. The molecule has 5 nitrogen and oxygen atoms in total. The Morgan fingerprint density at radius 2 is 1.87 bits per heavy atom. The van der Waals surface area contributed by atoms with Gasteiger partial charge in [-0.3, -0.25) is 4.79 Å². The number of hydrogen-bond acceptors (Lipinski definition) is 4. The zero-order valence-electron chi connectivity index (χ0n) is 12.5. The van der Waals surface area contributed by atoms with E-state index < -0.39 is 11.7 Å². The smallest absolute Gasteiger partial charge is 0.340 e. The molecule has 1 amide bonds. The molecule has 124 valence electrons. The summed E-state index contributed by atoms with van der Waals surface area (Å²) in [6.07, 6.45) is 0.263. The van der Waals surface area contributed by atoms with Crippen LogP contribution in [0.4, 0.5) is 19.1 Å². The van der Waals surface area contributed by atoms with Crippen molar-refractivity contribution in [2.45, 2.75) is 19.0 Å². The molecule has 23 heavy (non-hydrogen) atoms. The maximum absolute atomic E-state index is 12.6. The van der Waals surface area contributed by atoms with Crippen LogP contribution in [0.3, 0.4) is 0 Å². The lowest BCUT2D eigenvalue weighted by Gasteiger charge is -2.24. The normalized spacial score (nSPS) is 24.5. The van der Waals surface area contributed by atoms with Gasteiger partial charge in [-0.05, 0) is 18.9 Å². The van der Waals surface area contributed by atoms with Gasteiger partial charge >= 0.3 is 6.18 Å². The lowest BCUT2D eigenvalue weighted by Crippen LogP contribution is -2.33. The molecule has 1 atom stereocenters. The van der Waals surface area contributed by atoms with Crippen molar-refractivity contribution >= 4 is 11.9 Å². The first-order valence-electron chi connectivity index (χ1n) is 7.39. The van der Waals surface area contributed by atoms with Crippen molar-refractivity contribution in [3.63, 3.8) is 0 Å². The summed E-state index contributed by atoms with van der Waals surface area (Å²) < 4.78 is 37.7. The Kier molecular flexibility index (Phi) is 3.77. The number of carbonyl (C=O) groups excluding carboxylic acids is 1. The fourth-order valence-electron chi connectivity index (χ4n) is 3.32. The molecule has 0 aromatic carbocycles. The minimum absolute atomic E-state index is 0.0231. The molecule has 0 radical (unpaired) electrons. The van der Waals surface area contributed by atoms with Crippen molar-refractivity contribution in [1.29, 1.82) is 0 Å². The quantitative estimate of drug-likeness (QED) is 0.781. The second-order valence-corrected chi connectivity index (χ2v) is 6.15. The van der Waals surface area contributed by atoms with E-state index >= 15 is 0 Å². The lowest BCUT2D eigenvalue weighted by molar-refractivity contribution is -0.138. The number of carbonyl (C=O) groups is 1. The third-order valence-corrected chi connectivity index (χ3v) is 4.61. The molecule has 2 saturated heterocycles. The van der Waals surface area contributed by atoms with E-state index in [-0.39, 0.29) is 11.3 Å². The summed E-state index contributed by atoms with van der Waals surface area (Å²) in [6.45, 7) is 6.17. The molecule has 0 saturated carbocycles. The van der Waals surface area contributed by atoms with Gasteiger partial charge < -0.3 is 9.80 Å². The Labute approximate surface area is 131 Å². The molecule has 1 aromatic heterocycles. The molecule has 0 bridgehead atoms. The van der Waals surface area contributed by atoms with E-state index in [2.05, 4.69) is 16.5 Å². The average Bonchev–Trinajstić information content (AvgIpc) is 3.14. The van der Waals surface area contributed by atoms with E-state index in [0.29, 0.717) is 32.1 Å². The predicted octanol–water partition coefficient (Wildman–Crippen LogP) is 2.11. The van der Waals surface area contributed by atoms with Gasteiger partial charge in [0.1, 0.15) is 0 Å². The minimum Gasteiger partial charge on any atom is -0.340 e. The van der Waals surface area contributed by atoms with Crippen molar-refractivity contribution in [2.75, 3.05) is 31.1 Å². The molecule has 8 heteroatoms. The first kappa shape index (κ1) is 15.8. The van der Waals surface area contributed by atoms with Crippen LogP contribution in [0.2, 0.25) is 0 Å². The van der Waals surface area contributed by atoms with Crippen LogP contribution >= 0.6 is 0 Å². The molecular weight excluding hydrogens is 309 g/mol. The molecule has 0 N–H and O–H groups in total. The Hall–Kier alpha value is -2.12. The molecule has 1 unspecified atom stereocenters. The van der Waals surface area contributed by atoms with Crippen LogP contribution in [0.25, 0.3) is 0 Å². The number of aromatic nitrogens is 2. The van der Waals surface area contributed by atoms with E-state index in [4.69, 9.17) is 0 Å². The van der Waals surface area contributed by atoms with Crippen LogP contribution < -0.4 is 4.90 Å². The van der Waals surface area contributed by atoms with E-state index in [1.54, 1.807) is 4.90 Å². The number of nitrogens with zero attached hydrogens (tertiary/aromatic N) is 4. The fraction of sp³-hybridized carbons (Fsp3) is 0.533. The largest absolute Gasteiger partial charge is 0.419 e. The third-order valence-electron chi connectivity index (χ3n) is 4.61. The maximum atomic E-state index is 12.6. The summed E-state index contributed by atoms with van der Waals surface area (Å²) in [7, 11) is 0. The number of halogens is 3. The van der Waals surface area contributed by atoms with Crippen LogP contribution in [-0.4, -0.2) is 47.0 Å². The molecule has 3 rings (SSSR count). The fourth-order valence-corrected chi connectivity index (χ4v) is 3.32. The van der Waals surface area contributed by atoms with Crippen molar-refractivity contribution in [1.82, 2.24) is 14.9 Å². The monoisotopic (exact) mass is 326 g/mol. The highest BCUT2D eigenvalue weighted by Gasteiger charge is 2.45. The van der Waals surface area contributed by atoms with Gasteiger partial charge in [0, 0.05) is 44.0 Å². The van der Waals surface area contributed by atoms with Gasteiger partial charge in [-0.2, -0.15) is 13.2 Å². The van der Waals surface area contributed by atoms with Crippen LogP contribution in [0.1, 0.15) is 18.4 Å². The first-order chi connectivity index (χ1) is 10.8. The average molecular weight is 326 g/mol. The molecule has 3 heterocycles. The summed E-state index contributed by atoms with van der Waals surface area (Å²) in [4.78, 5) is 23.1. The molecule has 2 aliphatic rings. The van der Waals surface area contributed by atoms with Crippen molar-refractivity contribution in [3.8, 4) is 0 Å². The lowest BCUT2D eigenvalue weighted by atomic mass is 9.86. The molecule has 2 aliphatic heterocycles. The van der Waals surface area contributed by atoms with Gasteiger partial charge in [0.2, 0.25) is 11.9 Å². The first-order valence-corrected chi connectivity index (χ1v) is 7.39. The van der Waals surface area contributed by atoms with Crippen LogP contribution in [-0.2, 0) is 11.0 Å². The summed E-state index contributed by atoms with van der Waals surface area (Å²) in [6, 6.07) is 0. The second-order valence-electron chi connectivity index (χ2n) is 6.15. The van der Waals surface area contributed by atoms with E-state index in [9.17, 15) is 18.0 Å². The highest BCUT2D eigenvalue weighted by molar-refractivity contribution is 5.87. The highest BCUT2D eigenvalue weighted by Crippen LogP contribution is 2.40. The Balaban J connectivity index is 1.68. The molecular formula is C15H17F3N4O. The van der Waals surface area contributed by atoms with Crippen molar-refractivity contribution in [3.05, 3.63) is 30.6 Å². The molecule has 1 spiro atoms. The molecule has 2 fully saturated rings. The topological polar surface area (TPSA) is 49.3 Å². The number of likely N-dealkylation sites (tertiary alicyclic amines) is 1. The van der Waals surface area contributed by atoms with Gasteiger partial charge in [0.15, 0.2) is 0 Å². The Morgan fingerprint density at radius 3 is 2.48 bits per heavy atom. The number of hydrogen-bond donors (Lipinski definition) is 0. The summed E-state index contributed by atoms with van der Waals surface area (Å²) in [5.41, 5.74) is -0.871.